The Morgan fingerprint density at radius 1 is 1.07 bits per heavy atom. The molecule has 2 aromatic rings. The van der Waals surface area contributed by atoms with Crippen molar-refractivity contribution in [3.63, 3.8) is 0 Å². The average molecular weight is 395 g/mol. The Morgan fingerprint density at radius 3 is 2.48 bits per heavy atom. The standard InChI is InChI=1S/C24H30N2O3/c1-2-22(21-13-12-19-10-6-7-11-20(19)16-21)25-23(28)24(29)26(14-15-27)17-18-8-4-3-5-9-18/h3-5,8-9,12-13,16,22,27H,2,6-7,10-11,14-15,17H2,1H3,(H,25,28). The van der Waals surface area contributed by atoms with Crippen molar-refractivity contribution in [1.82, 2.24) is 10.2 Å². The number of aliphatic hydroxyl groups excluding tert-OH is 1. The molecule has 1 aliphatic carbocycles. The molecule has 0 heterocycles. The predicted octanol–water partition coefficient (Wildman–Crippen LogP) is 3.15. The Labute approximate surface area is 172 Å². The van der Waals surface area contributed by atoms with E-state index in [4.69, 9.17) is 0 Å². The van der Waals surface area contributed by atoms with Gasteiger partial charge in [-0.05, 0) is 54.4 Å². The summed E-state index contributed by atoms with van der Waals surface area (Å²) in [5, 5.41) is 12.2. The molecule has 3 rings (SSSR count). The second-order valence-electron chi connectivity index (χ2n) is 7.61. The first kappa shape index (κ1) is 21.1. The second-order valence-corrected chi connectivity index (χ2v) is 7.61. The lowest BCUT2D eigenvalue weighted by Gasteiger charge is -2.24. The van der Waals surface area contributed by atoms with E-state index in [1.807, 2.05) is 37.3 Å². The van der Waals surface area contributed by atoms with Gasteiger partial charge in [0.25, 0.3) is 0 Å². The Balaban J connectivity index is 1.69. The number of carbonyl (C=O) groups excluding carboxylic acids is 2. The maximum atomic E-state index is 12.8. The zero-order valence-electron chi connectivity index (χ0n) is 17.1. The summed E-state index contributed by atoms with van der Waals surface area (Å²) in [7, 11) is 0. The van der Waals surface area contributed by atoms with E-state index in [9.17, 15) is 14.7 Å². The van der Waals surface area contributed by atoms with Crippen molar-refractivity contribution in [2.75, 3.05) is 13.2 Å². The molecule has 154 valence electrons. The van der Waals surface area contributed by atoms with Crippen LogP contribution in [0, 0.1) is 0 Å². The first-order valence-electron chi connectivity index (χ1n) is 10.5. The molecule has 0 saturated carbocycles. The topological polar surface area (TPSA) is 69.6 Å². The van der Waals surface area contributed by atoms with Crippen LogP contribution < -0.4 is 5.32 Å². The highest BCUT2D eigenvalue weighted by Crippen LogP contribution is 2.26. The number of amides is 2. The molecule has 0 fully saturated rings. The summed E-state index contributed by atoms with van der Waals surface area (Å²) in [4.78, 5) is 26.8. The van der Waals surface area contributed by atoms with Crippen LogP contribution in [-0.2, 0) is 29.0 Å². The molecule has 1 aliphatic rings. The van der Waals surface area contributed by atoms with E-state index >= 15 is 0 Å². The van der Waals surface area contributed by atoms with Gasteiger partial charge >= 0.3 is 11.8 Å². The minimum absolute atomic E-state index is 0.122. The summed E-state index contributed by atoms with van der Waals surface area (Å²) in [6.45, 7) is 2.23. The quantitative estimate of drug-likeness (QED) is 0.709. The van der Waals surface area contributed by atoms with Crippen LogP contribution in [0.15, 0.2) is 48.5 Å². The molecule has 0 spiro atoms. The third-order valence-electron chi connectivity index (χ3n) is 5.56. The third-order valence-corrected chi connectivity index (χ3v) is 5.56. The summed E-state index contributed by atoms with van der Waals surface area (Å²) in [6.07, 6.45) is 5.34. The number of benzene rings is 2. The highest BCUT2D eigenvalue weighted by molar-refractivity contribution is 6.35. The smallest absolute Gasteiger partial charge is 0.312 e. The van der Waals surface area contributed by atoms with Crippen molar-refractivity contribution < 1.29 is 14.7 Å². The van der Waals surface area contributed by atoms with Gasteiger partial charge in [-0.25, -0.2) is 0 Å². The van der Waals surface area contributed by atoms with Crippen LogP contribution in [0.4, 0.5) is 0 Å². The first-order chi connectivity index (χ1) is 14.1. The van der Waals surface area contributed by atoms with Crippen molar-refractivity contribution in [1.29, 1.82) is 0 Å². The van der Waals surface area contributed by atoms with Crippen LogP contribution in [0.2, 0.25) is 0 Å². The molecule has 1 unspecified atom stereocenters. The predicted molar refractivity (Wildman–Crippen MR) is 113 cm³/mol. The van der Waals surface area contributed by atoms with E-state index in [0.29, 0.717) is 13.0 Å². The van der Waals surface area contributed by atoms with E-state index in [1.54, 1.807) is 0 Å². The number of hydrogen-bond donors (Lipinski definition) is 2. The van der Waals surface area contributed by atoms with E-state index in [-0.39, 0.29) is 19.2 Å². The molecule has 2 aromatic carbocycles. The van der Waals surface area contributed by atoms with Crippen molar-refractivity contribution >= 4 is 11.8 Å². The molecule has 0 aromatic heterocycles. The van der Waals surface area contributed by atoms with Gasteiger partial charge < -0.3 is 15.3 Å². The monoisotopic (exact) mass is 394 g/mol. The summed E-state index contributed by atoms with van der Waals surface area (Å²) < 4.78 is 0. The van der Waals surface area contributed by atoms with Crippen LogP contribution in [0.25, 0.3) is 0 Å². The second kappa shape index (κ2) is 10.2. The molecule has 29 heavy (non-hydrogen) atoms. The van der Waals surface area contributed by atoms with Gasteiger partial charge in [0.05, 0.1) is 12.6 Å². The van der Waals surface area contributed by atoms with Gasteiger partial charge in [-0.1, -0.05) is 55.5 Å². The molecular weight excluding hydrogens is 364 g/mol. The van der Waals surface area contributed by atoms with Crippen LogP contribution in [0.5, 0.6) is 0 Å². The van der Waals surface area contributed by atoms with Crippen LogP contribution >= 0.6 is 0 Å². The fraction of sp³-hybridized carbons (Fsp3) is 0.417. The van der Waals surface area contributed by atoms with Gasteiger partial charge in [0.15, 0.2) is 0 Å². The minimum atomic E-state index is -0.626. The Hall–Kier alpha value is -2.66. The lowest BCUT2D eigenvalue weighted by atomic mass is 9.89. The maximum absolute atomic E-state index is 12.8. The van der Waals surface area contributed by atoms with Crippen molar-refractivity contribution in [2.24, 2.45) is 0 Å². The van der Waals surface area contributed by atoms with Gasteiger partial charge in [0.2, 0.25) is 0 Å². The number of aliphatic hydroxyl groups is 1. The molecule has 2 amide bonds. The fourth-order valence-electron chi connectivity index (χ4n) is 3.93. The number of rotatable bonds is 7. The summed E-state index contributed by atoms with van der Waals surface area (Å²) in [5.74, 6) is -1.24. The zero-order chi connectivity index (χ0) is 20.6. The number of nitrogens with zero attached hydrogens (tertiary/aromatic N) is 1. The molecule has 1 atom stereocenters. The molecule has 0 saturated heterocycles. The molecule has 2 N–H and O–H groups in total. The van der Waals surface area contributed by atoms with Gasteiger partial charge in [-0.15, -0.1) is 0 Å². The molecular formula is C24H30N2O3. The molecule has 0 aliphatic heterocycles. The molecule has 5 heteroatoms. The van der Waals surface area contributed by atoms with Crippen LogP contribution in [0.1, 0.15) is 54.5 Å². The third kappa shape index (κ3) is 5.45. The normalized spacial score (nSPS) is 14.0. The number of nitrogens with one attached hydrogen (secondary N) is 1. The number of fused-ring (bicyclic) bond motifs is 1. The Morgan fingerprint density at radius 2 is 1.79 bits per heavy atom. The van der Waals surface area contributed by atoms with Gasteiger partial charge in [-0.2, -0.15) is 0 Å². The average Bonchev–Trinajstić information content (AvgIpc) is 2.77. The highest BCUT2D eigenvalue weighted by Gasteiger charge is 2.25. The lowest BCUT2D eigenvalue weighted by molar-refractivity contribution is -0.147. The van der Waals surface area contributed by atoms with Gasteiger partial charge in [-0.3, -0.25) is 9.59 Å². The van der Waals surface area contributed by atoms with Crippen molar-refractivity contribution in [3.05, 3.63) is 70.8 Å². The van der Waals surface area contributed by atoms with Gasteiger partial charge in [0, 0.05) is 13.1 Å². The first-order valence-corrected chi connectivity index (χ1v) is 10.5. The van der Waals surface area contributed by atoms with Gasteiger partial charge in [0.1, 0.15) is 0 Å². The Bertz CT molecular complexity index is 835. The molecule has 0 radical (unpaired) electrons. The maximum Gasteiger partial charge on any atom is 0.312 e. The van der Waals surface area contributed by atoms with E-state index < -0.39 is 11.8 Å². The number of hydrogen-bond acceptors (Lipinski definition) is 3. The summed E-state index contributed by atoms with van der Waals surface area (Å²) in [5.41, 5.74) is 4.72. The summed E-state index contributed by atoms with van der Waals surface area (Å²) in [6, 6.07) is 15.7. The van der Waals surface area contributed by atoms with E-state index in [0.717, 1.165) is 24.0 Å². The van der Waals surface area contributed by atoms with Crippen LogP contribution in [-0.4, -0.2) is 35.0 Å². The minimum Gasteiger partial charge on any atom is -0.395 e. The van der Waals surface area contributed by atoms with Crippen molar-refractivity contribution in [3.8, 4) is 0 Å². The molecule has 0 bridgehead atoms. The van der Waals surface area contributed by atoms with E-state index in [1.165, 1.54) is 28.9 Å². The fourth-order valence-corrected chi connectivity index (χ4v) is 3.93. The lowest BCUT2D eigenvalue weighted by Crippen LogP contribution is -2.44. The summed E-state index contributed by atoms with van der Waals surface area (Å²) >= 11 is 0. The van der Waals surface area contributed by atoms with E-state index in [2.05, 4.69) is 23.5 Å². The van der Waals surface area contributed by atoms with Crippen molar-refractivity contribution in [2.45, 2.75) is 51.6 Å². The number of aryl methyl sites for hydroxylation is 2. The zero-order valence-corrected chi connectivity index (χ0v) is 17.1. The largest absolute Gasteiger partial charge is 0.395 e. The Kier molecular flexibility index (Phi) is 7.42. The van der Waals surface area contributed by atoms with Crippen LogP contribution in [0.3, 0.4) is 0 Å². The number of carbonyl (C=O) groups is 2. The molecule has 5 nitrogen and oxygen atoms in total. The highest BCUT2D eigenvalue weighted by atomic mass is 16.3. The SMILES string of the molecule is CCC(NC(=O)C(=O)N(CCO)Cc1ccccc1)c1ccc2c(c1)CCCC2.